The Bertz CT molecular complexity index is 1180. The fourth-order valence-corrected chi connectivity index (χ4v) is 4.85. The second kappa shape index (κ2) is 8.44. The summed E-state index contributed by atoms with van der Waals surface area (Å²) in [5.74, 6) is 0.324. The molecule has 0 atom stereocenters. The molecule has 0 saturated carbocycles. The van der Waals surface area contributed by atoms with Gasteiger partial charge in [0.15, 0.2) is 11.5 Å². The van der Waals surface area contributed by atoms with Crippen LogP contribution in [0.3, 0.4) is 0 Å². The number of rotatable bonds is 7. The third-order valence-electron chi connectivity index (χ3n) is 5.58. The van der Waals surface area contributed by atoms with Crippen molar-refractivity contribution in [1.29, 1.82) is 0 Å². The van der Waals surface area contributed by atoms with E-state index in [2.05, 4.69) is 5.32 Å². The standard InChI is InChI=1S/C22H27N3O6S/c1-22(2)16-12-15(8-9-17(16)25(4)21(22)27)32(28,29)24(3)13-20(26)23-14-7-10-18(30-5)19(11-14)31-6/h7-12H,13H2,1-6H3,(H,23,26). The van der Waals surface area contributed by atoms with Gasteiger partial charge >= 0.3 is 0 Å². The average molecular weight is 462 g/mol. The Morgan fingerprint density at radius 1 is 1.09 bits per heavy atom. The number of hydrogen-bond acceptors (Lipinski definition) is 6. The first-order valence-electron chi connectivity index (χ1n) is 9.84. The number of sulfonamides is 1. The highest BCUT2D eigenvalue weighted by atomic mass is 32.2. The van der Waals surface area contributed by atoms with E-state index < -0.39 is 27.9 Å². The number of likely N-dealkylation sites (N-methyl/N-ethyl adjacent to an activating group) is 2. The van der Waals surface area contributed by atoms with Crippen molar-refractivity contribution in [2.75, 3.05) is 45.1 Å². The molecule has 2 amide bonds. The maximum atomic E-state index is 13.1. The van der Waals surface area contributed by atoms with Crippen LogP contribution >= 0.6 is 0 Å². The summed E-state index contributed by atoms with van der Waals surface area (Å²) in [6, 6.07) is 9.42. The van der Waals surface area contributed by atoms with Crippen molar-refractivity contribution in [2.45, 2.75) is 24.2 Å². The monoisotopic (exact) mass is 461 g/mol. The van der Waals surface area contributed by atoms with Gasteiger partial charge in [-0.15, -0.1) is 0 Å². The fraction of sp³-hybridized carbons (Fsp3) is 0.364. The van der Waals surface area contributed by atoms with Gasteiger partial charge in [-0.1, -0.05) is 0 Å². The van der Waals surface area contributed by atoms with Gasteiger partial charge in [0.2, 0.25) is 21.8 Å². The highest BCUT2D eigenvalue weighted by molar-refractivity contribution is 7.89. The van der Waals surface area contributed by atoms with E-state index in [4.69, 9.17) is 9.47 Å². The number of carbonyl (C=O) groups is 2. The van der Waals surface area contributed by atoms with E-state index in [1.54, 1.807) is 45.2 Å². The number of fused-ring (bicyclic) bond motifs is 1. The Labute approximate surface area is 188 Å². The van der Waals surface area contributed by atoms with Crippen LogP contribution in [-0.2, 0) is 25.0 Å². The Kier molecular flexibility index (Phi) is 6.21. The summed E-state index contributed by atoms with van der Waals surface area (Å²) in [6.45, 7) is 3.12. The molecular weight excluding hydrogens is 434 g/mol. The molecule has 32 heavy (non-hydrogen) atoms. The van der Waals surface area contributed by atoms with Gasteiger partial charge in [0.05, 0.1) is 31.1 Å². The molecule has 0 bridgehead atoms. The van der Waals surface area contributed by atoms with Crippen LogP contribution in [0.5, 0.6) is 11.5 Å². The Balaban J connectivity index is 1.78. The third-order valence-corrected chi connectivity index (χ3v) is 7.38. The summed E-state index contributed by atoms with van der Waals surface area (Å²) in [6.07, 6.45) is 0. The zero-order valence-electron chi connectivity index (χ0n) is 18.9. The topological polar surface area (TPSA) is 105 Å². The lowest BCUT2D eigenvalue weighted by molar-refractivity contribution is -0.121. The highest BCUT2D eigenvalue weighted by Gasteiger charge is 2.43. The zero-order valence-corrected chi connectivity index (χ0v) is 19.7. The van der Waals surface area contributed by atoms with E-state index in [1.807, 2.05) is 0 Å². The van der Waals surface area contributed by atoms with Crippen LogP contribution in [0.4, 0.5) is 11.4 Å². The minimum atomic E-state index is -3.96. The number of benzene rings is 2. The summed E-state index contributed by atoms with van der Waals surface area (Å²) in [7, 11) is 2.02. The third kappa shape index (κ3) is 4.03. The molecule has 9 nitrogen and oxygen atoms in total. The van der Waals surface area contributed by atoms with E-state index in [1.165, 1.54) is 38.3 Å². The molecule has 0 aliphatic carbocycles. The Morgan fingerprint density at radius 2 is 1.75 bits per heavy atom. The number of amides is 2. The van der Waals surface area contributed by atoms with E-state index >= 15 is 0 Å². The zero-order chi connectivity index (χ0) is 23.8. The molecule has 10 heteroatoms. The molecule has 2 aromatic carbocycles. The van der Waals surface area contributed by atoms with Crippen LogP contribution in [0.15, 0.2) is 41.3 Å². The average Bonchev–Trinajstić information content (AvgIpc) is 2.93. The lowest BCUT2D eigenvalue weighted by atomic mass is 9.86. The summed E-state index contributed by atoms with van der Waals surface area (Å²) in [4.78, 5) is 26.5. The minimum absolute atomic E-state index is 0.0221. The van der Waals surface area contributed by atoms with Gasteiger partial charge in [0, 0.05) is 31.5 Å². The van der Waals surface area contributed by atoms with Crippen LogP contribution in [0.25, 0.3) is 0 Å². The van der Waals surface area contributed by atoms with Crippen LogP contribution < -0.4 is 19.7 Å². The van der Waals surface area contributed by atoms with Crippen LogP contribution in [-0.4, -0.2) is 59.4 Å². The van der Waals surface area contributed by atoms with Crippen molar-refractivity contribution in [3.63, 3.8) is 0 Å². The molecule has 0 saturated heterocycles. The number of nitrogens with one attached hydrogen (secondary N) is 1. The van der Waals surface area contributed by atoms with Gasteiger partial charge < -0.3 is 19.7 Å². The van der Waals surface area contributed by atoms with Gasteiger partial charge in [0.25, 0.3) is 0 Å². The molecule has 1 N–H and O–H groups in total. The maximum absolute atomic E-state index is 13.1. The van der Waals surface area contributed by atoms with Crippen LogP contribution in [0.2, 0.25) is 0 Å². The van der Waals surface area contributed by atoms with Gasteiger partial charge in [-0.05, 0) is 49.7 Å². The first-order chi connectivity index (χ1) is 14.9. The van der Waals surface area contributed by atoms with Crippen molar-refractivity contribution >= 4 is 33.2 Å². The van der Waals surface area contributed by atoms with Gasteiger partial charge in [-0.25, -0.2) is 8.42 Å². The normalized spacial score (nSPS) is 15.0. The first kappa shape index (κ1) is 23.6. The van der Waals surface area contributed by atoms with Crippen molar-refractivity contribution in [1.82, 2.24) is 4.31 Å². The minimum Gasteiger partial charge on any atom is -0.493 e. The predicted molar refractivity (Wildman–Crippen MR) is 121 cm³/mol. The van der Waals surface area contributed by atoms with Gasteiger partial charge in [-0.3, -0.25) is 9.59 Å². The van der Waals surface area contributed by atoms with Crippen LogP contribution in [0.1, 0.15) is 19.4 Å². The van der Waals surface area contributed by atoms with E-state index in [9.17, 15) is 18.0 Å². The highest BCUT2D eigenvalue weighted by Crippen LogP contribution is 2.41. The number of nitrogens with zero attached hydrogens (tertiary/aromatic N) is 2. The molecule has 0 aromatic heterocycles. The largest absolute Gasteiger partial charge is 0.493 e. The predicted octanol–water partition coefficient (Wildman–Crippen LogP) is 2.22. The van der Waals surface area contributed by atoms with E-state index in [0.717, 1.165) is 4.31 Å². The second-order valence-electron chi connectivity index (χ2n) is 8.05. The van der Waals surface area contributed by atoms with Crippen molar-refractivity contribution in [3.05, 3.63) is 42.0 Å². The smallest absolute Gasteiger partial charge is 0.243 e. The fourth-order valence-electron chi connectivity index (χ4n) is 3.69. The number of ether oxygens (including phenoxy) is 2. The van der Waals surface area contributed by atoms with E-state index in [-0.39, 0.29) is 10.8 Å². The number of anilines is 2. The van der Waals surface area contributed by atoms with E-state index in [0.29, 0.717) is 28.4 Å². The molecule has 1 heterocycles. The molecule has 0 radical (unpaired) electrons. The number of carbonyl (C=O) groups excluding carboxylic acids is 2. The summed E-state index contributed by atoms with van der Waals surface area (Å²) < 4.78 is 37.5. The first-order valence-corrected chi connectivity index (χ1v) is 11.3. The number of methoxy groups -OCH3 is 2. The van der Waals surface area contributed by atoms with Gasteiger partial charge in [-0.2, -0.15) is 4.31 Å². The lowest BCUT2D eigenvalue weighted by Crippen LogP contribution is -2.35. The van der Waals surface area contributed by atoms with Crippen molar-refractivity contribution in [2.24, 2.45) is 0 Å². The Morgan fingerprint density at radius 3 is 2.38 bits per heavy atom. The van der Waals surface area contributed by atoms with Gasteiger partial charge in [0.1, 0.15) is 0 Å². The Hall–Kier alpha value is -3.11. The molecule has 0 unspecified atom stereocenters. The summed E-state index contributed by atoms with van der Waals surface area (Å²) in [5.41, 5.74) is 0.917. The van der Waals surface area contributed by atoms with Crippen LogP contribution in [0, 0.1) is 0 Å². The molecular formula is C22H27N3O6S. The molecule has 3 rings (SSSR count). The second-order valence-corrected chi connectivity index (χ2v) is 10.1. The maximum Gasteiger partial charge on any atom is 0.243 e. The summed E-state index contributed by atoms with van der Waals surface area (Å²) >= 11 is 0. The van der Waals surface area contributed by atoms with Crippen molar-refractivity contribution < 1.29 is 27.5 Å². The molecule has 1 aliphatic rings. The molecule has 172 valence electrons. The summed E-state index contributed by atoms with van der Waals surface area (Å²) in [5, 5.41) is 2.66. The number of hydrogen-bond donors (Lipinski definition) is 1. The lowest BCUT2D eigenvalue weighted by Gasteiger charge is -2.19. The quantitative estimate of drug-likeness (QED) is 0.678. The molecule has 2 aromatic rings. The molecule has 0 spiro atoms. The molecule has 1 aliphatic heterocycles. The SMILES string of the molecule is COc1ccc(NC(=O)CN(C)S(=O)(=O)c2ccc3c(c2)C(C)(C)C(=O)N3C)cc1OC. The molecule has 0 fully saturated rings. The van der Waals surface area contributed by atoms with Crippen molar-refractivity contribution in [3.8, 4) is 11.5 Å².